The molecule has 0 saturated carbocycles. The normalized spacial score (nSPS) is 14.6. The van der Waals surface area contributed by atoms with E-state index < -0.39 is 0 Å². The van der Waals surface area contributed by atoms with Gasteiger partial charge in [-0.15, -0.1) is 0 Å². The van der Waals surface area contributed by atoms with Crippen molar-refractivity contribution in [2.45, 2.75) is 25.8 Å². The van der Waals surface area contributed by atoms with Gasteiger partial charge >= 0.3 is 0 Å². The van der Waals surface area contributed by atoms with Gasteiger partial charge in [-0.05, 0) is 20.0 Å². The lowest BCUT2D eigenvalue weighted by Crippen LogP contribution is -2.28. The van der Waals surface area contributed by atoms with Crippen LogP contribution in [0, 0.1) is 10.1 Å². The summed E-state index contributed by atoms with van der Waals surface area (Å²) < 4.78 is 0. The van der Waals surface area contributed by atoms with E-state index in [1.807, 2.05) is 20.9 Å². The molecule has 0 bridgehead atoms. The highest BCUT2D eigenvalue weighted by Gasteiger charge is 2.23. The van der Waals surface area contributed by atoms with Gasteiger partial charge in [0.2, 0.25) is 0 Å². The number of hydrogen-bond acceptors (Lipinski definition) is 4. The monoisotopic (exact) mass is 209 g/mol. The maximum absolute atomic E-state index is 10.8. The first-order chi connectivity index (χ1) is 7.07. The Bertz CT molecular complexity index is 354. The van der Waals surface area contributed by atoms with Crippen LogP contribution in [-0.4, -0.2) is 23.0 Å². The van der Waals surface area contributed by atoms with Gasteiger partial charge in [-0.2, -0.15) is 0 Å². The Hall–Kier alpha value is -1.49. The van der Waals surface area contributed by atoms with Gasteiger partial charge in [0.1, 0.15) is 5.69 Å². The summed E-state index contributed by atoms with van der Waals surface area (Å²) >= 11 is 0. The first-order valence-electron chi connectivity index (χ1n) is 4.84. The molecule has 1 aromatic heterocycles. The molecule has 0 amide bonds. The van der Waals surface area contributed by atoms with Crippen molar-refractivity contribution in [1.82, 2.24) is 10.3 Å². The summed E-state index contributed by atoms with van der Waals surface area (Å²) in [5, 5.41) is 13.8. The lowest BCUT2D eigenvalue weighted by atomic mass is 9.98. The van der Waals surface area contributed by atoms with E-state index in [1.54, 1.807) is 12.3 Å². The van der Waals surface area contributed by atoms with E-state index in [2.05, 4.69) is 10.3 Å². The second-order valence-corrected chi connectivity index (χ2v) is 3.53. The van der Waals surface area contributed by atoms with Crippen molar-refractivity contribution in [2.24, 2.45) is 0 Å². The van der Waals surface area contributed by atoms with Crippen LogP contribution in [0.2, 0.25) is 0 Å². The first-order valence-corrected chi connectivity index (χ1v) is 4.84. The Morgan fingerprint density at radius 1 is 1.53 bits per heavy atom. The van der Waals surface area contributed by atoms with Gasteiger partial charge in [-0.25, -0.2) is 0 Å². The Kier molecular flexibility index (Phi) is 3.74. The molecule has 82 valence electrons. The maximum Gasteiger partial charge on any atom is 0.291 e. The van der Waals surface area contributed by atoms with Crippen molar-refractivity contribution in [3.8, 4) is 0 Å². The molecule has 15 heavy (non-hydrogen) atoms. The van der Waals surface area contributed by atoms with Crippen LogP contribution < -0.4 is 5.32 Å². The predicted molar refractivity (Wildman–Crippen MR) is 57.8 cm³/mol. The van der Waals surface area contributed by atoms with Gasteiger partial charge < -0.3 is 5.32 Å². The van der Waals surface area contributed by atoms with E-state index in [-0.39, 0.29) is 22.6 Å². The quantitative estimate of drug-likeness (QED) is 0.605. The van der Waals surface area contributed by atoms with Crippen molar-refractivity contribution >= 4 is 5.69 Å². The third-order valence-corrected chi connectivity index (χ3v) is 2.65. The number of hydrogen-bond donors (Lipinski definition) is 1. The predicted octanol–water partition coefficient (Wildman–Crippen LogP) is 1.70. The molecule has 0 fully saturated rings. The third-order valence-electron chi connectivity index (χ3n) is 2.65. The minimum Gasteiger partial charge on any atom is -0.317 e. The van der Waals surface area contributed by atoms with Crippen LogP contribution in [0.3, 0.4) is 0 Å². The smallest absolute Gasteiger partial charge is 0.291 e. The molecular weight excluding hydrogens is 194 g/mol. The van der Waals surface area contributed by atoms with E-state index in [0.717, 1.165) is 0 Å². The second-order valence-electron chi connectivity index (χ2n) is 3.53. The zero-order valence-electron chi connectivity index (χ0n) is 9.10. The molecule has 0 spiro atoms. The number of pyridine rings is 1. The molecule has 0 aliphatic heterocycles. The van der Waals surface area contributed by atoms with Crippen LogP contribution in [-0.2, 0) is 0 Å². The highest BCUT2D eigenvalue weighted by Crippen LogP contribution is 2.25. The molecule has 0 radical (unpaired) electrons. The number of aromatic nitrogens is 1. The van der Waals surface area contributed by atoms with Crippen LogP contribution in [0.25, 0.3) is 0 Å². The average Bonchev–Trinajstić information content (AvgIpc) is 2.27. The fourth-order valence-electron chi connectivity index (χ4n) is 1.40. The number of nitro groups is 1. The third kappa shape index (κ3) is 2.50. The Labute approximate surface area is 88.7 Å². The molecule has 0 aliphatic rings. The summed E-state index contributed by atoms with van der Waals surface area (Å²) in [6, 6.07) is 3.22. The lowest BCUT2D eigenvalue weighted by Gasteiger charge is -2.18. The molecule has 2 atom stereocenters. The van der Waals surface area contributed by atoms with E-state index in [4.69, 9.17) is 0 Å². The largest absolute Gasteiger partial charge is 0.317 e. The second kappa shape index (κ2) is 4.84. The van der Waals surface area contributed by atoms with E-state index >= 15 is 0 Å². The van der Waals surface area contributed by atoms with Gasteiger partial charge in [0.25, 0.3) is 5.69 Å². The van der Waals surface area contributed by atoms with Crippen molar-refractivity contribution < 1.29 is 4.92 Å². The van der Waals surface area contributed by atoms with Crippen molar-refractivity contribution in [1.29, 1.82) is 0 Å². The van der Waals surface area contributed by atoms with E-state index in [1.165, 1.54) is 6.07 Å². The summed E-state index contributed by atoms with van der Waals surface area (Å²) in [6.45, 7) is 3.90. The molecule has 5 heteroatoms. The van der Waals surface area contributed by atoms with Gasteiger partial charge in [-0.3, -0.25) is 15.1 Å². The molecule has 5 nitrogen and oxygen atoms in total. The summed E-state index contributed by atoms with van der Waals surface area (Å²) in [5.41, 5.74) is 0.622. The Morgan fingerprint density at radius 2 is 2.20 bits per heavy atom. The van der Waals surface area contributed by atoms with Crippen LogP contribution in [0.1, 0.15) is 25.5 Å². The van der Waals surface area contributed by atoms with Crippen molar-refractivity contribution in [2.75, 3.05) is 7.05 Å². The molecule has 1 N–H and O–H groups in total. The molecule has 1 rings (SSSR count). The Balaban J connectivity index is 3.07. The van der Waals surface area contributed by atoms with Crippen molar-refractivity contribution in [3.05, 3.63) is 34.1 Å². The first kappa shape index (κ1) is 11.6. The highest BCUT2D eigenvalue weighted by molar-refractivity contribution is 5.37. The standard InChI is InChI=1S/C10H15N3O2/c1-7(8(2)11-3)10-9(13(14)15)5-4-6-12-10/h4-8,11H,1-3H3. The van der Waals surface area contributed by atoms with Gasteiger partial charge in [0.05, 0.1) is 4.92 Å². The summed E-state index contributed by atoms with van der Waals surface area (Å²) in [5.74, 6) is 0.0107. The highest BCUT2D eigenvalue weighted by atomic mass is 16.6. The van der Waals surface area contributed by atoms with Gasteiger partial charge in [0.15, 0.2) is 0 Å². The molecule has 2 unspecified atom stereocenters. The lowest BCUT2D eigenvalue weighted by molar-refractivity contribution is -0.386. The summed E-state index contributed by atoms with van der Waals surface area (Å²) in [4.78, 5) is 14.5. The molecular formula is C10H15N3O2. The number of nitrogens with one attached hydrogen (secondary N) is 1. The zero-order chi connectivity index (χ0) is 11.4. The maximum atomic E-state index is 10.8. The summed E-state index contributed by atoms with van der Waals surface area (Å²) in [6.07, 6.45) is 1.58. The van der Waals surface area contributed by atoms with Crippen LogP contribution in [0.4, 0.5) is 5.69 Å². The number of rotatable bonds is 4. The van der Waals surface area contributed by atoms with Crippen LogP contribution in [0.15, 0.2) is 18.3 Å². The molecule has 1 aromatic rings. The van der Waals surface area contributed by atoms with E-state index in [0.29, 0.717) is 5.69 Å². The fourth-order valence-corrected chi connectivity index (χ4v) is 1.40. The Morgan fingerprint density at radius 3 is 2.73 bits per heavy atom. The van der Waals surface area contributed by atoms with Gasteiger partial charge in [-0.1, -0.05) is 6.92 Å². The average molecular weight is 209 g/mol. The molecule has 0 saturated heterocycles. The topological polar surface area (TPSA) is 68.1 Å². The summed E-state index contributed by atoms with van der Waals surface area (Å²) in [7, 11) is 1.83. The fraction of sp³-hybridized carbons (Fsp3) is 0.500. The minimum atomic E-state index is -0.388. The SMILES string of the molecule is CNC(C)C(C)c1ncccc1[N+](=O)[O-]. The molecule has 0 aliphatic carbocycles. The van der Waals surface area contributed by atoms with E-state index in [9.17, 15) is 10.1 Å². The van der Waals surface area contributed by atoms with Gasteiger partial charge in [0, 0.05) is 24.2 Å². The number of nitrogens with zero attached hydrogens (tertiary/aromatic N) is 2. The van der Waals surface area contributed by atoms with Crippen molar-refractivity contribution in [3.63, 3.8) is 0 Å². The van der Waals surface area contributed by atoms with Crippen LogP contribution in [0.5, 0.6) is 0 Å². The zero-order valence-corrected chi connectivity index (χ0v) is 9.10. The number of likely N-dealkylation sites (N-methyl/N-ethyl adjacent to an activating group) is 1. The molecule has 0 aromatic carbocycles. The van der Waals surface area contributed by atoms with Crippen LogP contribution >= 0.6 is 0 Å². The minimum absolute atomic E-state index is 0.0107. The molecule has 1 heterocycles.